The van der Waals surface area contributed by atoms with Crippen molar-refractivity contribution in [3.8, 4) is 0 Å². The molecule has 0 spiro atoms. The summed E-state index contributed by atoms with van der Waals surface area (Å²) in [6, 6.07) is 4.78. The first-order chi connectivity index (χ1) is 9.42. The molecule has 0 unspecified atom stereocenters. The van der Waals surface area contributed by atoms with Crippen LogP contribution in [0.5, 0.6) is 0 Å². The molecule has 0 atom stereocenters. The molecule has 0 radical (unpaired) electrons. The van der Waals surface area contributed by atoms with Crippen LogP contribution < -0.4 is 5.32 Å². The van der Waals surface area contributed by atoms with Crippen LogP contribution in [0.1, 0.15) is 12.0 Å². The number of hydrogen-bond acceptors (Lipinski definition) is 2. The Kier molecular flexibility index (Phi) is 6.28. The Labute approximate surface area is 126 Å². The highest BCUT2D eigenvalue weighted by Crippen LogP contribution is 2.21. The van der Waals surface area contributed by atoms with Crippen molar-refractivity contribution in [3.05, 3.63) is 52.0 Å². The number of carbonyl (C=O) groups is 2. The van der Waals surface area contributed by atoms with Crippen LogP contribution in [0.25, 0.3) is 6.08 Å². The summed E-state index contributed by atoms with van der Waals surface area (Å²) >= 11 is 11.7. The molecule has 0 aliphatic rings. The van der Waals surface area contributed by atoms with Gasteiger partial charge in [-0.25, -0.2) is 4.79 Å². The number of aliphatic carboxylic acids is 1. The zero-order chi connectivity index (χ0) is 15.1. The predicted molar refractivity (Wildman–Crippen MR) is 79.9 cm³/mol. The number of amides is 1. The highest BCUT2D eigenvalue weighted by molar-refractivity contribution is 6.34. The number of rotatable bonds is 6. The molecule has 0 aliphatic carbocycles. The van der Waals surface area contributed by atoms with Crippen LogP contribution in [0.4, 0.5) is 0 Å². The summed E-state index contributed by atoms with van der Waals surface area (Å²) < 4.78 is 0. The fraction of sp³-hybridized carbons (Fsp3) is 0.143. The van der Waals surface area contributed by atoms with E-state index in [-0.39, 0.29) is 24.4 Å². The molecule has 6 heteroatoms. The van der Waals surface area contributed by atoms with Crippen molar-refractivity contribution in [3.63, 3.8) is 0 Å². The molecule has 0 saturated heterocycles. The van der Waals surface area contributed by atoms with E-state index in [0.717, 1.165) is 6.08 Å². The summed E-state index contributed by atoms with van der Waals surface area (Å²) in [6.07, 6.45) is 2.78. The Morgan fingerprint density at radius 3 is 2.35 bits per heavy atom. The fourth-order valence-corrected chi connectivity index (χ4v) is 2.04. The minimum atomic E-state index is -1.06. The minimum absolute atomic E-state index is 0.146. The molecular formula is C14H13Cl2NO3. The highest BCUT2D eigenvalue weighted by atomic mass is 35.5. The van der Waals surface area contributed by atoms with E-state index in [4.69, 9.17) is 28.3 Å². The van der Waals surface area contributed by atoms with Crippen molar-refractivity contribution in [1.29, 1.82) is 0 Å². The molecule has 20 heavy (non-hydrogen) atoms. The molecule has 0 aliphatic heterocycles. The normalized spacial score (nSPS) is 11.0. The number of nitrogens with one attached hydrogen (secondary N) is 1. The van der Waals surface area contributed by atoms with Crippen molar-refractivity contribution < 1.29 is 14.7 Å². The third kappa shape index (κ3) is 5.47. The average Bonchev–Trinajstić information content (AvgIpc) is 2.35. The second kappa shape index (κ2) is 7.72. The second-order valence-electron chi connectivity index (χ2n) is 3.92. The average molecular weight is 314 g/mol. The van der Waals surface area contributed by atoms with Gasteiger partial charge in [0, 0.05) is 22.2 Å². The molecule has 1 aromatic carbocycles. The monoisotopic (exact) mass is 313 g/mol. The Morgan fingerprint density at radius 2 is 1.85 bits per heavy atom. The zero-order valence-corrected chi connectivity index (χ0v) is 12.0. The number of benzene rings is 1. The van der Waals surface area contributed by atoms with Crippen molar-refractivity contribution in [1.82, 2.24) is 5.32 Å². The first-order valence-corrected chi connectivity index (χ1v) is 6.48. The van der Waals surface area contributed by atoms with Gasteiger partial charge in [0.15, 0.2) is 0 Å². The van der Waals surface area contributed by atoms with Crippen LogP contribution in [0.15, 0.2) is 36.4 Å². The molecule has 0 bridgehead atoms. The van der Waals surface area contributed by atoms with Gasteiger partial charge in [0.05, 0.1) is 0 Å². The molecule has 1 amide bonds. The van der Waals surface area contributed by atoms with E-state index < -0.39 is 5.97 Å². The number of carboxylic acid groups (broad SMARTS) is 1. The largest absolute Gasteiger partial charge is 0.478 e. The first kappa shape index (κ1) is 16.3. The Balaban J connectivity index is 2.84. The quantitative estimate of drug-likeness (QED) is 0.793. The van der Waals surface area contributed by atoms with Crippen molar-refractivity contribution >= 4 is 41.2 Å². The van der Waals surface area contributed by atoms with Gasteiger partial charge >= 0.3 is 5.97 Å². The van der Waals surface area contributed by atoms with E-state index in [1.165, 1.54) is 6.08 Å². The molecule has 0 fully saturated rings. The topological polar surface area (TPSA) is 66.4 Å². The maximum atomic E-state index is 11.2. The van der Waals surface area contributed by atoms with Crippen LogP contribution >= 0.6 is 23.2 Å². The van der Waals surface area contributed by atoms with Gasteiger partial charge in [-0.1, -0.05) is 29.8 Å². The van der Waals surface area contributed by atoms with Gasteiger partial charge in [-0.3, -0.25) is 4.79 Å². The number of carboxylic acids is 1. The third-order valence-electron chi connectivity index (χ3n) is 2.38. The zero-order valence-electron chi connectivity index (χ0n) is 10.5. The smallest absolute Gasteiger partial charge is 0.331 e. The summed E-state index contributed by atoms with van der Waals surface area (Å²) in [4.78, 5) is 22.1. The maximum Gasteiger partial charge on any atom is 0.331 e. The van der Waals surface area contributed by atoms with Crippen molar-refractivity contribution in [2.45, 2.75) is 6.42 Å². The van der Waals surface area contributed by atoms with E-state index in [1.54, 1.807) is 18.2 Å². The lowest BCUT2D eigenvalue weighted by Crippen LogP contribution is -2.23. The minimum Gasteiger partial charge on any atom is -0.478 e. The van der Waals surface area contributed by atoms with Gasteiger partial charge in [-0.05, 0) is 42.3 Å². The van der Waals surface area contributed by atoms with Crippen LogP contribution in [-0.4, -0.2) is 23.5 Å². The van der Waals surface area contributed by atoms with Gasteiger partial charge in [-0.2, -0.15) is 0 Å². The maximum absolute atomic E-state index is 11.2. The standard InChI is InChI=1S/C14H13Cl2NO3/c1-2-13(18)17-4-3-10(14(19)20)5-9-6-11(15)8-12(16)7-9/h2,5-8H,1,3-4H2,(H,17,18)(H,19,20)/b10-5+. The van der Waals surface area contributed by atoms with Gasteiger partial charge in [0.2, 0.25) is 5.91 Å². The lowest BCUT2D eigenvalue weighted by molar-refractivity contribution is -0.132. The molecular weight excluding hydrogens is 301 g/mol. The van der Waals surface area contributed by atoms with E-state index >= 15 is 0 Å². The summed E-state index contributed by atoms with van der Waals surface area (Å²) in [6.45, 7) is 3.51. The first-order valence-electron chi connectivity index (χ1n) is 5.72. The van der Waals surface area contributed by atoms with E-state index in [0.29, 0.717) is 15.6 Å². The third-order valence-corrected chi connectivity index (χ3v) is 2.82. The molecule has 1 rings (SSSR count). The van der Waals surface area contributed by atoms with Gasteiger partial charge in [-0.15, -0.1) is 0 Å². The van der Waals surface area contributed by atoms with Gasteiger partial charge < -0.3 is 10.4 Å². The fourth-order valence-electron chi connectivity index (χ4n) is 1.49. The molecule has 4 nitrogen and oxygen atoms in total. The molecule has 0 heterocycles. The van der Waals surface area contributed by atoms with Crippen molar-refractivity contribution in [2.24, 2.45) is 0 Å². The Hall–Kier alpha value is -1.78. The summed E-state index contributed by atoms with van der Waals surface area (Å²) in [5, 5.41) is 12.5. The number of hydrogen-bond donors (Lipinski definition) is 2. The molecule has 0 saturated carbocycles. The van der Waals surface area contributed by atoms with Gasteiger partial charge in [0.25, 0.3) is 0 Å². The highest BCUT2D eigenvalue weighted by Gasteiger charge is 2.08. The summed E-state index contributed by atoms with van der Waals surface area (Å²) in [5.41, 5.74) is 0.739. The lowest BCUT2D eigenvalue weighted by atomic mass is 10.1. The predicted octanol–water partition coefficient (Wildman–Crippen LogP) is 3.15. The van der Waals surface area contributed by atoms with Gasteiger partial charge in [0.1, 0.15) is 0 Å². The molecule has 106 valence electrons. The molecule has 2 N–H and O–H groups in total. The van der Waals surface area contributed by atoms with Crippen LogP contribution in [0.3, 0.4) is 0 Å². The summed E-state index contributed by atoms with van der Waals surface area (Å²) in [7, 11) is 0. The van der Waals surface area contributed by atoms with E-state index in [1.807, 2.05) is 0 Å². The van der Waals surface area contributed by atoms with Crippen LogP contribution in [0, 0.1) is 0 Å². The van der Waals surface area contributed by atoms with E-state index in [9.17, 15) is 9.59 Å². The number of halogens is 2. The van der Waals surface area contributed by atoms with E-state index in [2.05, 4.69) is 11.9 Å². The van der Waals surface area contributed by atoms with Crippen LogP contribution in [0.2, 0.25) is 10.0 Å². The number of carbonyl (C=O) groups excluding carboxylic acids is 1. The Morgan fingerprint density at radius 1 is 1.25 bits per heavy atom. The summed E-state index contributed by atoms with van der Waals surface area (Å²) in [5.74, 6) is -1.41. The Bertz CT molecular complexity index is 547. The molecule has 1 aromatic rings. The van der Waals surface area contributed by atoms with Crippen LogP contribution in [-0.2, 0) is 9.59 Å². The SMILES string of the molecule is C=CC(=O)NCC/C(=C\c1cc(Cl)cc(Cl)c1)C(=O)O. The van der Waals surface area contributed by atoms with Crippen molar-refractivity contribution in [2.75, 3.05) is 6.54 Å². The second-order valence-corrected chi connectivity index (χ2v) is 4.80. The molecule has 0 aromatic heterocycles. The lowest BCUT2D eigenvalue weighted by Gasteiger charge is -2.05.